The Morgan fingerprint density at radius 2 is 2.19 bits per heavy atom. The predicted molar refractivity (Wildman–Crippen MR) is 62.5 cm³/mol. The van der Waals surface area contributed by atoms with Crippen LogP contribution in [0, 0.1) is 0 Å². The van der Waals surface area contributed by atoms with Crippen molar-refractivity contribution >= 4 is 11.5 Å². The number of hydrogen-bond donors (Lipinski definition) is 2. The van der Waals surface area contributed by atoms with E-state index >= 15 is 0 Å². The Labute approximate surface area is 93.9 Å². The fraction of sp³-hybridized carbons (Fsp3) is 0.455. The molecule has 5 nitrogen and oxygen atoms in total. The van der Waals surface area contributed by atoms with Gasteiger partial charge >= 0.3 is 0 Å². The fourth-order valence-electron chi connectivity index (χ4n) is 2.07. The zero-order valence-electron chi connectivity index (χ0n) is 9.06. The molecule has 0 spiro atoms. The van der Waals surface area contributed by atoms with Crippen LogP contribution < -0.4 is 10.6 Å². The highest BCUT2D eigenvalue weighted by molar-refractivity contribution is 5.45. The van der Waals surface area contributed by atoms with Gasteiger partial charge in [0.15, 0.2) is 5.65 Å². The molecule has 1 aliphatic rings. The average molecular weight is 217 g/mol. The van der Waals surface area contributed by atoms with Gasteiger partial charge in [-0.15, -0.1) is 0 Å². The van der Waals surface area contributed by atoms with E-state index in [9.17, 15) is 0 Å². The van der Waals surface area contributed by atoms with E-state index in [4.69, 9.17) is 0 Å². The van der Waals surface area contributed by atoms with Crippen molar-refractivity contribution < 1.29 is 0 Å². The maximum absolute atomic E-state index is 4.50. The number of hydrogen-bond acceptors (Lipinski definition) is 4. The standard InChI is InChI=1S/C11H15N5/c1-5-12-6-2-9(1)14-10-4-8-16-11(15-10)3-7-13-16/h3-4,7-9,12H,1-2,5-6H2,(H,14,15). The van der Waals surface area contributed by atoms with Crippen molar-refractivity contribution in [3.8, 4) is 0 Å². The molecule has 0 bridgehead atoms. The van der Waals surface area contributed by atoms with Crippen molar-refractivity contribution in [1.82, 2.24) is 19.9 Å². The molecule has 2 aromatic rings. The van der Waals surface area contributed by atoms with E-state index < -0.39 is 0 Å². The zero-order valence-corrected chi connectivity index (χ0v) is 9.06. The van der Waals surface area contributed by atoms with Crippen molar-refractivity contribution in [1.29, 1.82) is 0 Å². The molecule has 3 heterocycles. The molecule has 2 aromatic heterocycles. The number of rotatable bonds is 2. The molecule has 2 N–H and O–H groups in total. The summed E-state index contributed by atoms with van der Waals surface area (Å²) in [5.74, 6) is 0.944. The van der Waals surface area contributed by atoms with E-state index in [-0.39, 0.29) is 0 Å². The first kappa shape index (κ1) is 9.59. The lowest BCUT2D eigenvalue weighted by molar-refractivity contribution is 0.478. The number of nitrogens with one attached hydrogen (secondary N) is 2. The lowest BCUT2D eigenvalue weighted by Gasteiger charge is -2.24. The molecular weight excluding hydrogens is 202 g/mol. The van der Waals surface area contributed by atoms with E-state index in [0.29, 0.717) is 6.04 Å². The summed E-state index contributed by atoms with van der Waals surface area (Å²) < 4.78 is 1.77. The third-order valence-electron chi connectivity index (χ3n) is 2.95. The molecule has 0 amide bonds. The number of nitrogens with zero attached hydrogens (tertiary/aromatic N) is 3. The van der Waals surface area contributed by atoms with E-state index in [1.54, 1.807) is 10.7 Å². The second-order valence-electron chi connectivity index (χ2n) is 4.12. The van der Waals surface area contributed by atoms with Gasteiger partial charge in [0, 0.05) is 18.3 Å². The summed E-state index contributed by atoms with van der Waals surface area (Å²) in [6.45, 7) is 2.18. The van der Waals surface area contributed by atoms with Crippen molar-refractivity contribution in [2.24, 2.45) is 0 Å². The molecule has 1 saturated heterocycles. The van der Waals surface area contributed by atoms with Gasteiger partial charge in [-0.2, -0.15) is 5.10 Å². The van der Waals surface area contributed by atoms with Gasteiger partial charge in [-0.05, 0) is 32.0 Å². The highest BCUT2D eigenvalue weighted by Crippen LogP contribution is 2.11. The summed E-state index contributed by atoms with van der Waals surface area (Å²) in [7, 11) is 0. The maximum Gasteiger partial charge on any atom is 0.157 e. The lowest BCUT2D eigenvalue weighted by Crippen LogP contribution is -2.35. The Morgan fingerprint density at radius 1 is 1.31 bits per heavy atom. The average Bonchev–Trinajstić information content (AvgIpc) is 2.77. The molecular formula is C11H15N5. The molecule has 84 valence electrons. The zero-order chi connectivity index (χ0) is 10.8. The normalized spacial score (nSPS) is 17.8. The smallest absolute Gasteiger partial charge is 0.157 e. The van der Waals surface area contributed by atoms with Crippen LogP contribution in [0.4, 0.5) is 5.82 Å². The molecule has 0 radical (unpaired) electrons. The predicted octanol–water partition coefficient (Wildman–Crippen LogP) is 0.893. The summed E-state index contributed by atoms with van der Waals surface area (Å²) in [6, 6.07) is 4.43. The summed E-state index contributed by atoms with van der Waals surface area (Å²) in [5, 5.41) is 10.9. The van der Waals surface area contributed by atoms with Crippen molar-refractivity contribution in [3.63, 3.8) is 0 Å². The van der Waals surface area contributed by atoms with Gasteiger partial charge in [0.2, 0.25) is 0 Å². The van der Waals surface area contributed by atoms with Crippen LogP contribution in [0.2, 0.25) is 0 Å². The summed E-state index contributed by atoms with van der Waals surface area (Å²) in [6.07, 6.45) is 6.01. The Kier molecular flexibility index (Phi) is 2.46. The Bertz CT molecular complexity index is 472. The van der Waals surface area contributed by atoms with Crippen molar-refractivity contribution in [3.05, 3.63) is 24.5 Å². The molecule has 0 aromatic carbocycles. The van der Waals surface area contributed by atoms with Crippen LogP contribution in [0.5, 0.6) is 0 Å². The number of fused-ring (bicyclic) bond motifs is 1. The van der Waals surface area contributed by atoms with Crippen LogP contribution in [0.25, 0.3) is 5.65 Å². The van der Waals surface area contributed by atoms with Gasteiger partial charge in [0.1, 0.15) is 5.82 Å². The SMILES string of the molecule is c1cc2nc(NC3CCNCC3)ccn2n1. The maximum atomic E-state index is 4.50. The van der Waals surface area contributed by atoms with Gasteiger partial charge < -0.3 is 10.6 Å². The van der Waals surface area contributed by atoms with Crippen LogP contribution in [-0.2, 0) is 0 Å². The minimum atomic E-state index is 0.541. The van der Waals surface area contributed by atoms with Gasteiger partial charge in [-0.1, -0.05) is 0 Å². The first-order chi connectivity index (χ1) is 7.92. The first-order valence-electron chi connectivity index (χ1n) is 5.69. The Morgan fingerprint density at radius 3 is 3.06 bits per heavy atom. The van der Waals surface area contributed by atoms with Crippen molar-refractivity contribution in [2.45, 2.75) is 18.9 Å². The highest BCUT2D eigenvalue weighted by Gasteiger charge is 2.12. The third kappa shape index (κ3) is 1.86. The van der Waals surface area contributed by atoms with E-state index in [1.165, 1.54) is 0 Å². The van der Waals surface area contributed by atoms with Crippen LogP contribution in [0.1, 0.15) is 12.8 Å². The lowest BCUT2D eigenvalue weighted by atomic mass is 10.1. The molecule has 0 aliphatic carbocycles. The molecule has 1 fully saturated rings. The second-order valence-corrected chi connectivity index (χ2v) is 4.12. The number of piperidine rings is 1. The third-order valence-corrected chi connectivity index (χ3v) is 2.95. The van der Waals surface area contributed by atoms with Gasteiger partial charge in [0.05, 0.1) is 6.20 Å². The Balaban J connectivity index is 1.77. The summed E-state index contributed by atoms with van der Waals surface area (Å²) >= 11 is 0. The molecule has 3 rings (SSSR count). The van der Waals surface area contributed by atoms with Crippen molar-refractivity contribution in [2.75, 3.05) is 18.4 Å². The minimum absolute atomic E-state index is 0.541. The monoisotopic (exact) mass is 217 g/mol. The van der Waals surface area contributed by atoms with Gasteiger partial charge in [0.25, 0.3) is 0 Å². The van der Waals surface area contributed by atoms with E-state index in [1.807, 2.05) is 18.3 Å². The van der Waals surface area contributed by atoms with Gasteiger partial charge in [-0.25, -0.2) is 9.50 Å². The Hall–Kier alpha value is -1.62. The largest absolute Gasteiger partial charge is 0.367 e. The highest BCUT2D eigenvalue weighted by atomic mass is 15.2. The van der Waals surface area contributed by atoms with Crippen LogP contribution in [-0.4, -0.2) is 33.7 Å². The van der Waals surface area contributed by atoms with Gasteiger partial charge in [-0.3, -0.25) is 0 Å². The summed E-state index contributed by atoms with van der Waals surface area (Å²) in [5.41, 5.74) is 0.888. The number of aromatic nitrogens is 3. The molecule has 0 unspecified atom stereocenters. The first-order valence-corrected chi connectivity index (χ1v) is 5.69. The quantitative estimate of drug-likeness (QED) is 0.784. The second kappa shape index (κ2) is 4.09. The molecule has 5 heteroatoms. The fourth-order valence-corrected chi connectivity index (χ4v) is 2.07. The number of anilines is 1. The molecule has 1 aliphatic heterocycles. The molecule has 16 heavy (non-hydrogen) atoms. The minimum Gasteiger partial charge on any atom is -0.367 e. The molecule has 0 atom stereocenters. The van der Waals surface area contributed by atoms with Crippen LogP contribution >= 0.6 is 0 Å². The molecule has 0 saturated carbocycles. The van der Waals surface area contributed by atoms with Crippen LogP contribution in [0.15, 0.2) is 24.5 Å². The topological polar surface area (TPSA) is 54.2 Å². The van der Waals surface area contributed by atoms with E-state index in [2.05, 4.69) is 20.7 Å². The van der Waals surface area contributed by atoms with Crippen LogP contribution in [0.3, 0.4) is 0 Å². The summed E-state index contributed by atoms with van der Waals surface area (Å²) in [4.78, 5) is 4.50. The van der Waals surface area contributed by atoms with E-state index in [0.717, 1.165) is 37.4 Å².